The number of furan rings is 1. The number of carbonyl (C=O) groups excluding carboxylic acids is 2. The molecule has 0 unspecified atom stereocenters. The first kappa shape index (κ1) is 20.2. The zero-order valence-electron chi connectivity index (χ0n) is 17.3. The minimum absolute atomic E-state index is 0.182. The molecule has 30 heavy (non-hydrogen) atoms. The molecule has 0 aliphatic carbocycles. The summed E-state index contributed by atoms with van der Waals surface area (Å²) in [7, 11) is 0. The molecule has 2 fully saturated rings. The molecule has 2 amide bonds. The van der Waals surface area contributed by atoms with E-state index in [1.165, 1.54) is 0 Å². The van der Waals surface area contributed by atoms with E-state index < -0.39 is 0 Å². The van der Waals surface area contributed by atoms with Gasteiger partial charge in [-0.25, -0.2) is 0 Å². The minimum Gasteiger partial charge on any atom is -0.443 e. The second kappa shape index (κ2) is 8.76. The summed E-state index contributed by atoms with van der Waals surface area (Å²) in [5, 5.41) is 9.71. The normalized spacial score (nSPS) is 17.7. The fraction of sp³-hybridized carbons (Fsp3) is 0.500. The van der Waals surface area contributed by atoms with Crippen molar-refractivity contribution in [3.63, 3.8) is 0 Å². The summed E-state index contributed by atoms with van der Waals surface area (Å²) in [6.45, 7) is 6.41. The molecule has 4 heterocycles. The number of aryl methyl sites for hydroxylation is 1. The van der Waals surface area contributed by atoms with Crippen molar-refractivity contribution in [1.82, 2.24) is 19.3 Å². The van der Waals surface area contributed by atoms with Crippen LogP contribution < -0.4 is 0 Å². The predicted molar refractivity (Wildman–Crippen MR) is 110 cm³/mol. The highest BCUT2D eigenvalue weighted by Crippen LogP contribution is 2.27. The number of rotatable bonds is 4. The molecule has 0 radical (unpaired) electrons. The molecular formula is C22H27N5O3. The summed E-state index contributed by atoms with van der Waals surface area (Å²) in [5.41, 5.74) is 0.599. The molecule has 8 heteroatoms. The van der Waals surface area contributed by atoms with E-state index in [9.17, 15) is 14.9 Å². The van der Waals surface area contributed by atoms with Crippen LogP contribution in [-0.4, -0.2) is 76.9 Å². The summed E-state index contributed by atoms with van der Waals surface area (Å²) >= 11 is 0. The quantitative estimate of drug-likeness (QED) is 0.771. The van der Waals surface area contributed by atoms with Gasteiger partial charge in [0.05, 0.1) is 6.54 Å². The molecule has 2 aliphatic rings. The molecule has 2 aliphatic heterocycles. The summed E-state index contributed by atoms with van der Waals surface area (Å²) < 4.78 is 7.49. The van der Waals surface area contributed by atoms with Gasteiger partial charge in [-0.05, 0) is 38.3 Å². The zero-order valence-corrected chi connectivity index (χ0v) is 17.3. The predicted octanol–water partition coefficient (Wildman–Crippen LogP) is 2.02. The van der Waals surface area contributed by atoms with Gasteiger partial charge < -0.3 is 14.2 Å². The standard InChI is InChI=1S/C22H27N5O3/c1-17-20(18(15-23)22(30-17)27-10-4-5-11-27)21(29)26-12-6-7-24(13-14-26)16-19(28)25-8-2-3-9-25/h4-5,10-11H,2-3,6-9,12-14,16H2,1H3. The molecule has 8 nitrogen and oxygen atoms in total. The molecule has 2 aromatic rings. The van der Waals surface area contributed by atoms with E-state index in [4.69, 9.17) is 4.42 Å². The maximum atomic E-state index is 13.3. The highest BCUT2D eigenvalue weighted by atomic mass is 16.4. The van der Waals surface area contributed by atoms with E-state index in [2.05, 4.69) is 11.0 Å². The van der Waals surface area contributed by atoms with Crippen molar-refractivity contribution in [2.45, 2.75) is 26.2 Å². The van der Waals surface area contributed by atoms with Gasteiger partial charge in [-0.1, -0.05) is 0 Å². The second-order valence-corrected chi connectivity index (χ2v) is 7.93. The van der Waals surface area contributed by atoms with E-state index in [0.29, 0.717) is 43.4 Å². The molecule has 2 aromatic heterocycles. The van der Waals surface area contributed by atoms with Gasteiger partial charge in [0.1, 0.15) is 23.0 Å². The van der Waals surface area contributed by atoms with Gasteiger partial charge in [0.2, 0.25) is 11.8 Å². The Labute approximate surface area is 176 Å². The van der Waals surface area contributed by atoms with Crippen molar-refractivity contribution in [1.29, 1.82) is 5.26 Å². The molecule has 0 aromatic carbocycles. The van der Waals surface area contributed by atoms with Gasteiger partial charge in [0, 0.05) is 51.7 Å². The third-order valence-electron chi connectivity index (χ3n) is 5.92. The van der Waals surface area contributed by atoms with Crippen molar-refractivity contribution in [3.05, 3.63) is 41.4 Å². The Bertz CT molecular complexity index is 950. The zero-order chi connectivity index (χ0) is 21.1. The lowest BCUT2D eigenvalue weighted by molar-refractivity contribution is -0.131. The van der Waals surface area contributed by atoms with Crippen LogP contribution in [0.1, 0.15) is 40.9 Å². The van der Waals surface area contributed by atoms with Crippen LogP contribution >= 0.6 is 0 Å². The second-order valence-electron chi connectivity index (χ2n) is 7.93. The smallest absolute Gasteiger partial charge is 0.258 e. The summed E-state index contributed by atoms with van der Waals surface area (Å²) in [6, 6.07) is 5.83. The van der Waals surface area contributed by atoms with Gasteiger partial charge >= 0.3 is 0 Å². The van der Waals surface area contributed by atoms with Crippen LogP contribution in [0.4, 0.5) is 0 Å². The van der Waals surface area contributed by atoms with Crippen molar-refractivity contribution in [2.24, 2.45) is 0 Å². The summed E-state index contributed by atoms with van der Waals surface area (Å²) in [4.78, 5) is 31.6. The SMILES string of the molecule is Cc1oc(-n2cccc2)c(C#N)c1C(=O)N1CCCN(CC(=O)N2CCCC2)CC1. The average molecular weight is 409 g/mol. The third kappa shape index (κ3) is 3.98. The highest BCUT2D eigenvalue weighted by Gasteiger charge is 2.30. The number of aromatic nitrogens is 1. The first-order valence-electron chi connectivity index (χ1n) is 10.5. The molecular weight excluding hydrogens is 382 g/mol. The van der Waals surface area contributed by atoms with E-state index in [0.717, 1.165) is 38.9 Å². The monoisotopic (exact) mass is 409 g/mol. The highest BCUT2D eigenvalue weighted by molar-refractivity contribution is 5.98. The lowest BCUT2D eigenvalue weighted by Crippen LogP contribution is -2.41. The molecule has 0 saturated carbocycles. The number of nitriles is 1. The van der Waals surface area contributed by atoms with Crippen LogP contribution in [0.5, 0.6) is 0 Å². The van der Waals surface area contributed by atoms with Gasteiger partial charge in [-0.2, -0.15) is 5.26 Å². The number of nitrogens with zero attached hydrogens (tertiary/aromatic N) is 5. The van der Waals surface area contributed by atoms with Gasteiger partial charge in [0.25, 0.3) is 5.91 Å². The third-order valence-corrected chi connectivity index (χ3v) is 5.92. The molecule has 0 spiro atoms. The van der Waals surface area contributed by atoms with Crippen molar-refractivity contribution in [2.75, 3.05) is 45.8 Å². The van der Waals surface area contributed by atoms with E-state index in [1.807, 2.05) is 17.0 Å². The number of amides is 2. The Balaban J connectivity index is 1.45. The summed E-state index contributed by atoms with van der Waals surface area (Å²) in [6.07, 6.45) is 6.54. The molecule has 0 atom stereocenters. The lowest BCUT2D eigenvalue weighted by atomic mass is 10.1. The minimum atomic E-state index is -0.182. The Morgan fingerprint density at radius 3 is 2.40 bits per heavy atom. The van der Waals surface area contributed by atoms with Gasteiger partial charge in [-0.3, -0.25) is 19.1 Å². The summed E-state index contributed by atoms with van der Waals surface area (Å²) in [5.74, 6) is 0.821. The van der Waals surface area contributed by atoms with Crippen LogP contribution in [0.3, 0.4) is 0 Å². The number of hydrogen-bond acceptors (Lipinski definition) is 5. The fourth-order valence-corrected chi connectivity index (χ4v) is 4.29. The lowest BCUT2D eigenvalue weighted by Gasteiger charge is -2.24. The van der Waals surface area contributed by atoms with Crippen molar-refractivity contribution in [3.8, 4) is 12.0 Å². The van der Waals surface area contributed by atoms with Crippen LogP contribution in [0.15, 0.2) is 28.9 Å². The largest absolute Gasteiger partial charge is 0.443 e. The Morgan fingerprint density at radius 1 is 1.00 bits per heavy atom. The average Bonchev–Trinajstić information content (AvgIpc) is 3.47. The van der Waals surface area contributed by atoms with Crippen molar-refractivity contribution >= 4 is 11.8 Å². The number of hydrogen-bond donors (Lipinski definition) is 0. The van der Waals surface area contributed by atoms with Crippen LogP contribution in [0.25, 0.3) is 5.88 Å². The Kier molecular flexibility index (Phi) is 5.91. The van der Waals surface area contributed by atoms with Gasteiger partial charge in [0.15, 0.2) is 0 Å². The van der Waals surface area contributed by atoms with Crippen molar-refractivity contribution < 1.29 is 14.0 Å². The molecule has 2 saturated heterocycles. The van der Waals surface area contributed by atoms with E-state index in [-0.39, 0.29) is 17.4 Å². The first-order valence-corrected chi connectivity index (χ1v) is 10.5. The topological polar surface area (TPSA) is 85.7 Å². The fourth-order valence-electron chi connectivity index (χ4n) is 4.29. The molecule has 158 valence electrons. The Morgan fingerprint density at radius 2 is 1.70 bits per heavy atom. The Hall–Kier alpha value is -3.05. The van der Waals surface area contributed by atoms with Crippen LogP contribution in [0.2, 0.25) is 0 Å². The maximum Gasteiger partial charge on any atom is 0.258 e. The van der Waals surface area contributed by atoms with Crippen LogP contribution in [-0.2, 0) is 4.79 Å². The number of carbonyl (C=O) groups is 2. The molecule has 0 bridgehead atoms. The van der Waals surface area contributed by atoms with Crippen LogP contribution in [0, 0.1) is 18.3 Å². The van der Waals surface area contributed by atoms with Gasteiger partial charge in [-0.15, -0.1) is 0 Å². The maximum absolute atomic E-state index is 13.3. The number of likely N-dealkylation sites (tertiary alicyclic amines) is 1. The van der Waals surface area contributed by atoms with E-state index in [1.54, 1.807) is 28.8 Å². The molecule has 0 N–H and O–H groups in total. The van der Waals surface area contributed by atoms with E-state index >= 15 is 0 Å². The first-order chi connectivity index (χ1) is 14.6. The molecule has 4 rings (SSSR count).